The zero-order chi connectivity index (χ0) is 22.1. The van der Waals surface area contributed by atoms with Crippen LogP contribution in [-0.4, -0.2) is 66.3 Å². The van der Waals surface area contributed by atoms with E-state index in [0.29, 0.717) is 26.2 Å². The predicted octanol–water partition coefficient (Wildman–Crippen LogP) is 3.99. The molecule has 9 heteroatoms. The lowest BCUT2D eigenvalue weighted by Gasteiger charge is -2.39. The van der Waals surface area contributed by atoms with E-state index in [-0.39, 0.29) is 6.04 Å². The lowest BCUT2D eigenvalue weighted by molar-refractivity contribution is 0.259. The summed E-state index contributed by atoms with van der Waals surface area (Å²) in [6.07, 6.45) is 7.00. The SMILES string of the molecule is CN(C1CCCCC1)S(=O)(=O)N1CCN(c2ncnc3scc(-c4ccccc4)c23)CC1. The normalized spacial score (nSPS) is 19.1. The number of fused-ring (bicyclic) bond motifs is 1. The van der Waals surface area contributed by atoms with Crippen LogP contribution in [0.25, 0.3) is 21.3 Å². The molecule has 3 aromatic rings. The first-order chi connectivity index (χ1) is 15.6. The molecule has 2 aliphatic rings. The summed E-state index contributed by atoms with van der Waals surface area (Å²) in [5.74, 6) is 0.896. The third-order valence-corrected chi connectivity index (χ3v) is 9.68. The molecule has 2 fully saturated rings. The Morgan fingerprint density at radius 3 is 2.44 bits per heavy atom. The van der Waals surface area contributed by atoms with E-state index in [0.717, 1.165) is 52.8 Å². The van der Waals surface area contributed by atoms with E-state index < -0.39 is 10.2 Å². The Bertz CT molecular complexity index is 1170. The van der Waals surface area contributed by atoms with Gasteiger partial charge >= 0.3 is 0 Å². The fourth-order valence-corrected chi connectivity index (χ4v) is 7.36. The highest BCUT2D eigenvalue weighted by Crippen LogP contribution is 2.38. The molecular formula is C23H29N5O2S2. The molecule has 0 radical (unpaired) electrons. The molecule has 1 saturated heterocycles. The molecular weight excluding hydrogens is 442 g/mol. The number of hydrogen-bond donors (Lipinski definition) is 0. The molecule has 1 aliphatic carbocycles. The fraction of sp³-hybridized carbons (Fsp3) is 0.478. The van der Waals surface area contributed by atoms with Crippen molar-refractivity contribution in [2.75, 3.05) is 38.1 Å². The van der Waals surface area contributed by atoms with Gasteiger partial charge in [0.15, 0.2) is 0 Å². The lowest BCUT2D eigenvalue weighted by Crippen LogP contribution is -2.54. The van der Waals surface area contributed by atoms with Crippen molar-refractivity contribution in [1.82, 2.24) is 18.6 Å². The zero-order valence-electron chi connectivity index (χ0n) is 18.4. The summed E-state index contributed by atoms with van der Waals surface area (Å²) in [4.78, 5) is 12.3. The molecule has 0 bridgehead atoms. The summed E-state index contributed by atoms with van der Waals surface area (Å²) in [6, 6.07) is 10.4. The average Bonchev–Trinajstić information content (AvgIpc) is 3.29. The minimum Gasteiger partial charge on any atom is -0.353 e. The molecule has 5 rings (SSSR count). The Kier molecular flexibility index (Phi) is 6.16. The third-order valence-electron chi connectivity index (χ3n) is 6.75. The molecule has 170 valence electrons. The second-order valence-corrected chi connectivity index (χ2v) is 11.4. The van der Waals surface area contributed by atoms with Crippen LogP contribution in [-0.2, 0) is 10.2 Å². The smallest absolute Gasteiger partial charge is 0.282 e. The lowest BCUT2D eigenvalue weighted by atomic mass is 9.96. The summed E-state index contributed by atoms with van der Waals surface area (Å²) in [6.45, 7) is 2.17. The Morgan fingerprint density at radius 1 is 1.00 bits per heavy atom. The van der Waals surface area contributed by atoms with Gasteiger partial charge in [0.05, 0.1) is 5.39 Å². The van der Waals surface area contributed by atoms with Gasteiger partial charge in [0.25, 0.3) is 10.2 Å². The highest BCUT2D eigenvalue weighted by molar-refractivity contribution is 7.86. The number of benzene rings is 1. The standard InChI is InChI=1S/C23H29N5O2S2/c1-26(19-10-6-3-7-11-19)32(29,30)28-14-12-27(13-15-28)22-21-20(18-8-4-2-5-9-18)16-31-23(21)25-17-24-22/h2,4-5,8-9,16-17,19H,3,6-7,10-15H2,1H3. The van der Waals surface area contributed by atoms with Crippen molar-refractivity contribution in [1.29, 1.82) is 0 Å². The van der Waals surface area contributed by atoms with Gasteiger partial charge in [0.1, 0.15) is 17.0 Å². The van der Waals surface area contributed by atoms with E-state index in [9.17, 15) is 8.42 Å². The number of rotatable bonds is 5. The van der Waals surface area contributed by atoms with Crippen LogP contribution in [0.1, 0.15) is 32.1 Å². The average molecular weight is 472 g/mol. The van der Waals surface area contributed by atoms with Crippen LogP contribution in [0.3, 0.4) is 0 Å². The van der Waals surface area contributed by atoms with Crippen LogP contribution < -0.4 is 4.90 Å². The Morgan fingerprint density at radius 2 is 1.72 bits per heavy atom. The van der Waals surface area contributed by atoms with Gasteiger partial charge < -0.3 is 4.90 Å². The third kappa shape index (κ3) is 4.03. The molecule has 0 N–H and O–H groups in total. The van der Waals surface area contributed by atoms with Crippen LogP contribution in [0.4, 0.5) is 5.82 Å². The van der Waals surface area contributed by atoms with Gasteiger partial charge in [-0.05, 0) is 18.4 Å². The highest BCUT2D eigenvalue weighted by atomic mass is 32.2. The number of nitrogens with zero attached hydrogens (tertiary/aromatic N) is 5. The number of anilines is 1. The maximum Gasteiger partial charge on any atom is 0.282 e. The largest absolute Gasteiger partial charge is 0.353 e. The number of thiophene rings is 1. The molecule has 2 aromatic heterocycles. The molecule has 1 saturated carbocycles. The minimum absolute atomic E-state index is 0.132. The predicted molar refractivity (Wildman–Crippen MR) is 130 cm³/mol. The van der Waals surface area contributed by atoms with E-state index in [4.69, 9.17) is 0 Å². The van der Waals surface area contributed by atoms with E-state index in [1.165, 1.54) is 6.42 Å². The fourth-order valence-electron chi connectivity index (χ4n) is 4.88. The Labute approximate surface area is 193 Å². The van der Waals surface area contributed by atoms with E-state index in [1.807, 2.05) is 18.2 Å². The van der Waals surface area contributed by atoms with E-state index >= 15 is 0 Å². The quantitative estimate of drug-likeness (QED) is 0.563. The molecule has 0 amide bonds. The summed E-state index contributed by atoms with van der Waals surface area (Å²) < 4.78 is 29.8. The van der Waals surface area contributed by atoms with Crippen LogP contribution in [0.15, 0.2) is 42.0 Å². The first-order valence-electron chi connectivity index (χ1n) is 11.3. The second-order valence-electron chi connectivity index (χ2n) is 8.59. The highest BCUT2D eigenvalue weighted by Gasteiger charge is 2.35. The summed E-state index contributed by atoms with van der Waals surface area (Å²) >= 11 is 1.62. The van der Waals surface area contributed by atoms with Gasteiger partial charge in [0, 0.05) is 50.2 Å². The number of piperazine rings is 1. The first kappa shape index (κ1) is 21.8. The molecule has 1 aliphatic heterocycles. The molecule has 7 nitrogen and oxygen atoms in total. The number of aromatic nitrogens is 2. The number of hydrogen-bond acceptors (Lipinski definition) is 6. The maximum atomic E-state index is 13.2. The van der Waals surface area contributed by atoms with E-state index in [2.05, 4.69) is 32.4 Å². The molecule has 3 heterocycles. The van der Waals surface area contributed by atoms with Gasteiger partial charge in [-0.15, -0.1) is 11.3 Å². The molecule has 0 spiro atoms. The second kappa shape index (κ2) is 9.05. The van der Waals surface area contributed by atoms with Crippen LogP contribution in [0.2, 0.25) is 0 Å². The van der Waals surface area contributed by atoms with Crippen molar-refractivity contribution in [2.45, 2.75) is 38.1 Å². The van der Waals surface area contributed by atoms with Crippen molar-refractivity contribution in [3.63, 3.8) is 0 Å². The van der Waals surface area contributed by atoms with E-state index in [1.54, 1.807) is 33.3 Å². The van der Waals surface area contributed by atoms with Crippen LogP contribution in [0, 0.1) is 0 Å². The summed E-state index contributed by atoms with van der Waals surface area (Å²) in [5.41, 5.74) is 2.28. The maximum absolute atomic E-state index is 13.2. The van der Waals surface area contributed by atoms with Gasteiger partial charge in [-0.2, -0.15) is 17.0 Å². The minimum atomic E-state index is -3.44. The van der Waals surface area contributed by atoms with Gasteiger partial charge in [-0.1, -0.05) is 49.6 Å². The Balaban J connectivity index is 1.36. The van der Waals surface area contributed by atoms with Gasteiger partial charge in [0.2, 0.25) is 0 Å². The van der Waals surface area contributed by atoms with Crippen molar-refractivity contribution in [3.05, 3.63) is 42.0 Å². The summed E-state index contributed by atoms with van der Waals surface area (Å²) in [7, 11) is -1.69. The first-order valence-corrected chi connectivity index (χ1v) is 13.6. The molecule has 32 heavy (non-hydrogen) atoms. The van der Waals surface area contributed by atoms with Crippen molar-refractivity contribution in [3.8, 4) is 11.1 Å². The van der Waals surface area contributed by atoms with Gasteiger partial charge in [-0.25, -0.2) is 9.97 Å². The van der Waals surface area contributed by atoms with Crippen molar-refractivity contribution < 1.29 is 8.42 Å². The molecule has 0 unspecified atom stereocenters. The zero-order valence-corrected chi connectivity index (χ0v) is 20.0. The van der Waals surface area contributed by atoms with Gasteiger partial charge in [-0.3, -0.25) is 0 Å². The molecule has 0 atom stereocenters. The van der Waals surface area contributed by atoms with Crippen molar-refractivity contribution in [2.24, 2.45) is 0 Å². The Hall–Kier alpha value is -2.07. The van der Waals surface area contributed by atoms with Crippen molar-refractivity contribution >= 4 is 37.6 Å². The summed E-state index contributed by atoms with van der Waals surface area (Å²) in [5, 5.41) is 3.19. The topological polar surface area (TPSA) is 69.6 Å². The van der Waals surface area contributed by atoms with Crippen LogP contribution in [0.5, 0.6) is 0 Å². The molecule has 1 aromatic carbocycles. The monoisotopic (exact) mass is 471 g/mol. The van der Waals surface area contributed by atoms with Crippen LogP contribution >= 0.6 is 11.3 Å².